The lowest BCUT2D eigenvalue weighted by Gasteiger charge is -1.93. The third kappa shape index (κ3) is 2.50. The smallest absolute Gasteiger partial charge is 0.370 e. The molecule has 15 heavy (non-hydrogen) atoms. The van der Waals surface area contributed by atoms with Crippen molar-refractivity contribution in [1.82, 2.24) is 19.8 Å². The van der Waals surface area contributed by atoms with Crippen molar-refractivity contribution in [1.29, 1.82) is 0 Å². The maximum absolute atomic E-state index is 11.4. The number of aliphatic carboxylic acids is 1. The third-order valence-electron chi connectivity index (χ3n) is 1.57. The summed E-state index contributed by atoms with van der Waals surface area (Å²) in [4.78, 5) is 21.9. The lowest BCUT2D eigenvalue weighted by Crippen LogP contribution is -2.23. The number of tetrazole rings is 1. The molecule has 0 fully saturated rings. The van der Waals surface area contributed by atoms with Crippen LogP contribution in [0.5, 0.6) is 0 Å². The summed E-state index contributed by atoms with van der Waals surface area (Å²) in [6.07, 6.45) is 1.09. The monoisotopic (exact) mass is 214 g/mol. The van der Waals surface area contributed by atoms with E-state index in [0.717, 1.165) is 15.6 Å². The Morgan fingerprint density at radius 2 is 2.27 bits per heavy atom. The molecule has 8 heteroatoms. The molecule has 8 nitrogen and oxygen atoms in total. The fourth-order valence-corrected chi connectivity index (χ4v) is 0.809. The van der Waals surface area contributed by atoms with Crippen molar-refractivity contribution in [2.75, 3.05) is 7.11 Å². The maximum Gasteiger partial charge on any atom is 0.370 e. The van der Waals surface area contributed by atoms with E-state index in [1.165, 1.54) is 14.0 Å². The van der Waals surface area contributed by atoms with Gasteiger partial charge in [0.2, 0.25) is 0 Å². The number of hydrogen-bond donors (Lipinski definition) is 1. The van der Waals surface area contributed by atoms with E-state index in [-0.39, 0.29) is 12.3 Å². The molecule has 0 unspecified atom stereocenters. The summed E-state index contributed by atoms with van der Waals surface area (Å²) in [7, 11) is 1.41. The number of methoxy groups -OCH3 is 1. The van der Waals surface area contributed by atoms with Gasteiger partial charge in [-0.05, 0) is 17.4 Å². The normalized spacial score (nSPS) is 11.7. The van der Waals surface area contributed by atoms with Crippen LogP contribution in [0.15, 0.2) is 10.4 Å². The van der Waals surface area contributed by atoms with E-state index in [0.29, 0.717) is 0 Å². The minimum atomic E-state index is -1.12. The molecule has 0 aliphatic rings. The molecule has 0 saturated heterocycles. The highest BCUT2D eigenvalue weighted by molar-refractivity contribution is 5.89. The van der Waals surface area contributed by atoms with Gasteiger partial charge in [0, 0.05) is 13.3 Å². The summed E-state index contributed by atoms with van der Waals surface area (Å²) in [5.74, 6) is -1.12. The molecule has 82 valence electrons. The number of aromatic nitrogens is 4. The van der Waals surface area contributed by atoms with Gasteiger partial charge in [-0.3, -0.25) is 0 Å². The van der Waals surface area contributed by atoms with E-state index >= 15 is 0 Å². The van der Waals surface area contributed by atoms with Gasteiger partial charge in [0.15, 0.2) is 0 Å². The minimum Gasteiger partial charge on any atom is -0.478 e. The number of carbonyl (C=O) groups is 1. The van der Waals surface area contributed by atoms with Crippen LogP contribution in [0.3, 0.4) is 0 Å². The van der Waals surface area contributed by atoms with Crippen LogP contribution in [0, 0.1) is 0 Å². The standard InChI is InChI=1S/C7H10N4O4/c1-5(6(12)13)3-10-7(14)11(4-15-2)9-8-10/h3H,4H2,1-2H3,(H,12,13)/b5-3+. The maximum atomic E-state index is 11.4. The lowest BCUT2D eigenvalue weighted by atomic mass is 10.3. The van der Waals surface area contributed by atoms with Gasteiger partial charge in [0.25, 0.3) is 0 Å². The largest absolute Gasteiger partial charge is 0.478 e. The Morgan fingerprint density at radius 1 is 1.60 bits per heavy atom. The molecule has 0 radical (unpaired) electrons. The first-order valence-electron chi connectivity index (χ1n) is 3.99. The van der Waals surface area contributed by atoms with Crippen molar-refractivity contribution in [2.45, 2.75) is 13.7 Å². The van der Waals surface area contributed by atoms with E-state index in [9.17, 15) is 9.59 Å². The van der Waals surface area contributed by atoms with Gasteiger partial charge in [-0.15, -0.1) is 0 Å². The zero-order chi connectivity index (χ0) is 11.4. The summed E-state index contributed by atoms with van der Waals surface area (Å²) in [6, 6.07) is 0. The predicted molar refractivity (Wildman–Crippen MR) is 48.9 cm³/mol. The Kier molecular flexibility index (Phi) is 3.34. The second-order valence-electron chi connectivity index (χ2n) is 2.74. The summed E-state index contributed by atoms with van der Waals surface area (Å²) < 4.78 is 6.48. The number of nitrogens with zero attached hydrogens (tertiary/aromatic N) is 4. The topological polar surface area (TPSA) is 99.2 Å². The molecule has 0 aromatic carbocycles. The van der Waals surface area contributed by atoms with Crippen molar-refractivity contribution in [3.05, 3.63) is 16.1 Å². The first-order valence-corrected chi connectivity index (χ1v) is 3.99. The summed E-state index contributed by atoms with van der Waals surface area (Å²) in [5.41, 5.74) is -0.570. The average molecular weight is 214 g/mol. The zero-order valence-electron chi connectivity index (χ0n) is 8.25. The Hall–Kier alpha value is -1.96. The Morgan fingerprint density at radius 3 is 2.80 bits per heavy atom. The number of carboxylic acids is 1. The van der Waals surface area contributed by atoms with Gasteiger partial charge in [-0.25, -0.2) is 9.59 Å². The number of carboxylic acid groups (broad SMARTS) is 1. The van der Waals surface area contributed by atoms with Crippen LogP contribution in [0.4, 0.5) is 0 Å². The van der Waals surface area contributed by atoms with Crippen LogP contribution in [0.25, 0.3) is 6.20 Å². The highest BCUT2D eigenvalue weighted by Gasteiger charge is 2.06. The van der Waals surface area contributed by atoms with Crippen LogP contribution < -0.4 is 5.69 Å². The molecule has 0 aliphatic heterocycles. The van der Waals surface area contributed by atoms with Gasteiger partial charge >= 0.3 is 11.7 Å². The first-order chi connectivity index (χ1) is 7.06. The van der Waals surface area contributed by atoms with E-state index in [1.54, 1.807) is 0 Å². The Bertz CT molecular complexity index is 444. The molecule has 1 N–H and O–H groups in total. The van der Waals surface area contributed by atoms with Crippen molar-refractivity contribution in [3.63, 3.8) is 0 Å². The van der Waals surface area contributed by atoms with Crippen LogP contribution in [-0.2, 0) is 16.3 Å². The van der Waals surface area contributed by atoms with Gasteiger partial charge in [-0.1, -0.05) is 0 Å². The zero-order valence-corrected chi connectivity index (χ0v) is 8.25. The third-order valence-corrected chi connectivity index (χ3v) is 1.57. The van der Waals surface area contributed by atoms with Crippen molar-refractivity contribution < 1.29 is 14.6 Å². The lowest BCUT2D eigenvalue weighted by molar-refractivity contribution is -0.132. The second-order valence-corrected chi connectivity index (χ2v) is 2.74. The molecule has 0 amide bonds. The Labute approximate surface area is 84.4 Å². The molecular weight excluding hydrogens is 204 g/mol. The number of ether oxygens (including phenoxy) is 1. The summed E-state index contributed by atoms with van der Waals surface area (Å²) >= 11 is 0. The van der Waals surface area contributed by atoms with Gasteiger partial charge in [-0.2, -0.15) is 9.36 Å². The first kappa shape index (κ1) is 11.1. The second kappa shape index (κ2) is 4.51. The average Bonchev–Trinajstić information content (AvgIpc) is 2.50. The van der Waals surface area contributed by atoms with E-state index in [1.807, 2.05) is 0 Å². The van der Waals surface area contributed by atoms with Crippen molar-refractivity contribution >= 4 is 12.2 Å². The van der Waals surface area contributed by atoms with Crippen LogP contribution >= 0.6 is 0 Å². The minimum absolute atomic E-state index is 0.0124. The molecule has 1 aromatic rings. The van der Waals surface area contributed by atoms with Gasteiger partial charge in [0.05, 0.1) is 5.57 Å². The Balaban J connectivity index is 3.03. The van der Waals surface area contributed by atoms with Crippen molar-refractivity contribution in [2.24, 2.45) is 0 Å². The molecule has 1 aromatic heterocycles. The van der Waals surface area contributed by atoms with Gasteiger partial charge < -0.3 is 9.84 Å². The quantitative estimate of drug-likeness (QED) is 0.644. The SMILES string of the molecule is COCn1nnn(/C=C(\C)C(=O)O)c1=O. The molecule has 0 aliphatic carbocycles. The number of hydrogen-bond acceptors (Lipinski definition) is 5. The molecule has 0 saturated carbocycles. The summed E-state index contributed by atoms with van der Waals surface area (Å²) in [6.45, 7) is 1.32. The van der Waals surface area contributed by atoms with Crippen LogP contribution in [-0.4, -0.2) is 38.0 Å². The van der Waals surface area contributed by atoms with E-state index < -0.39 is 11.7 Å². The fraction of sp³-hybridized carbons (Fsp3) is 0.429. The van der Waals surface area contributed by atoms with Crippen LogP contribution in [0.2, 0.25) is 0 Å². The fourth-order valence-electron chi connectivity index (χ4n) is 0.809. The molecule has 0 spiro atoms. The predicted octanol–water partition coefficient (Wildman–Crippen LogP) is -1.01. The molecule has 1 heterocycles. The van der Waals surface area contributed by atoms with Crippen LogP contribution in [0.1, 0.15) is 6.92 Å². The molecule has 0 bridgehead atoms. The highest BCUT2D eigenvalue weighted by Crippen LogP contribution is 1.92. The molecule has 0 atom stereocenters. The number of rotatable bonds is 4. The highest BCUT2D eigenvalue weighted by atomic mass is 16.5. The van der Waals surface area contributed by atoms with Crippen molar-refractivity contribution in [3.8, 4) is 0 Å². The molecular formula is C7H10N4O4. The molecule has 1 rings (SSSR count). The van der Waals surface area contributed by atoms with E-state index in [2.05, 4.69) is 15.2 Å². The van der Waals surface area contributed by atoms with E-state index in [4.69, 9.17) is 5.11 Å². The summed E-state index contributed by atoms with van der Waals surface area (Å²) in [5, 5.41) is 15.5. The van der Waals surface area contributed by atoms with Gasteiger partial charge in [0.1, 0.15) is 6.73 Å².